The molecule has 25 heavy (non-hydrogen) atoms. The van der Waals surface area contributed by atoms with E-state index in [0.717, 1.165) is 31.7 Å². The zero-order valence-corrected chi connectivity index (χ0v) is 15.5. The van der Waals surface area contributed by atoms with Gasteiger partial charge >= 0.3 is 0 Å². The topological polar surface area (TPSA) is 64.0 Å². The van der Waals surface area contributed by atoms with E-state index in [1.165, 1.54) is 6.07 Å². The maximum absolute atomic E-state index is 13.5. The quantitative estimate of drug-likeness (QED) is 0.882. The van der Waals surface area contributed by atoms with Crippen molar-refractivity contribution in [2.45, 2.75) is 33.9 Å². The molecule has 4 fully saturated rings. The molecule has 0 unspecified atom stereocenters. The summed E-state index contributed by atoms with van der Waals surface area (Å²) in [4.78, 5) is 18.3. The van der Waals surface area contributed by atoms with Crippen molar-refractivity contribution in [1.82, 2.24) is 9.80 Å². The minimum Gasteiger partial charge on any atom is -0.508 e. The lowest BCUT2D eigenvalue weighted by molar-refractivity contribution is -0.217. The number of carbonyl (C=O) groups excluding carboxylic acids is 1. The van der Waals surface area contributed by atoms with Crippen molar-refractivity contribution >= 4 is 5.78 Å². The van der Waals surface area contributed by atoms with E-state index in [1.54, 1.807) is 6.07 Å². The van der Waals surface area contributed by atoms with Gasteiger partial charge in [0.2, 0.25) is 0 Å². The third-order valence-electron chi connectivity index (χ3n) is 7.04. The highest BCUT2D eigenvalue weighted by Crippen LogP contribution is 2.57. The van der Waals surface area contributed by atoms with Crippen molar-refractivity contribution < 1.29 is 15.0 Å². The van der Waals surface area contributed by atoms with Gasteiger partial charge in [0.05, 0.1) is 17.0 Å². The van der Waals surface area contributed by atoms with Gasteiger partial charge in [0.25, 0.3) is 0 Å². The number of carbonyl (C=O) groups is 1. The summed E-state index contributed by atoms with van der Waals surface area (Å²) in [6.07, 6.45) is -0.0209. The molecule has 0 aliphatic carbocycles. The monoisotopic (exact) mass is 344 g/mol. The van der Waals surface area contributed by atoms with E-state index in [2.05, 4.69) is 37.5 Å². The molecule has 5 heteroatoms. The van der Waals surface area contributed by atoms with Gasteiger partial charge < -0.3 is 10.2 Å². The van der Waals surface area contributed by atoms with E-state index in [4.69, 9.17) is 0 Å². The molecule has 4 heterocycles. The first-order valence-electron chi connectivity index (χ1n) is 9.26. The molecule has 136 valence electrons. The Hall–Kier alpha value is -1.59. The van der Waals surface area contributed by atoms with Crippen LogP contribution in [0, 0.1) is 22.7 Å². The summed E-state index contributed by atoms with van der Waals surface area (Å²) in [6.45, 7) is 11.6. The second kappa shape index (κ2) is 5.21. The second-order valence-corrected chi connectivity index (χ2v) is 8.88. The van der Waals surface area contributed by atoms with E-state index in [-0.39, 0.29) is 40.3 Å². The van der Waals surface area contributed by atoms with Crippen LogP contribution in [0.25, 0.3) is 0 Å². The Labute approximate surface area is 149 Å². The molecule has 0 amide bonds. The maximum atomic E-state index is 13.5. The molecule has 2 N–H and O–H groups in total. The van der Waals surface area contributed by atoms with Gasteiger partial charge in [-0.05, 0) is 24.0 Å². The number of nitrogens with zero attached hydrogens (tertiary/aromatic N) is 2. The van der Waals surface area contributed by atoms with Crippen LogP contribution in [0.4, 0.5) is 0 Å². The molecule has 4 bridgehead atoms. The van der Waals surface area contributed by atoms with Gasteiger partial charge in [0, 0.05) is 37.8 Å². The molecular formula is C20H28N2O3. The molecule has 0 saturated carbocycles. The summed E-state index contributed by atoms with van der Waals surface area (Å²) < 4.78 is 0. The van der Waals surface area contributed by atoms with Crippen LogP contribution in [0.1, 0.15) is 39.4 Å². The van der Waals surface area contributed by atoms with Gasteiger partial charge in [-0.25, -0.2) is 0 Å². The van der Waals surface area contributed by atoms with E-state index in [0.29, 0.717) is 5.78 Å². The third kappa shape index (κ3) is 2.05. The van der Waals surface area contributed by atoms with Crippen molar-refractivity contribution in [1.29, 1.82) is 0 Å². The fraction of sp³-hybridized carbons (Fsp3) is 0.650. The zero-order valence-electron chi connectivity index (χ0n) is 15.5. The Balaban J connectivity index is 1.80. The highest BCUT2D eigenvalue weighted by molar-refractivity contribution is 5.94. The molecule has 1 aromatic rings. The zero-order chi connectivity index (χ0) is 18.1. The minimum absolute atomic E-state index is 0.0209. The average Bonchev–Trinajstić information content (AvgIpc) is 2.51. The van der Waals surface area contributed by atoms with Gasteiger partial charge in [-0.15, -0.1) is 0 Å². The molecule has 4 aliphatic heterocycles. The van der Waals surface area contributed by atoms with Crippen molar-refractivity contribution in [3.8, 4) is 11.5 Å². The number of aromatic hydroxyl groups is 2. The van der Waals surface area contributed by atoms with Crippen LogP contribution in [0.5, 0.6) is 11.5 Å². The van der Waals surface area contributed by atoms with E-state index < -0.39 is 0 Å². The molecule has 0 spiro atoms. The van der Waals surface area contributed by atoms with Gasteiger partial charge in [-0.2, -0.15) is 0 Å². The lowest BCUT2D eigenvalue weighted by atomic mass is 9.53. The van der Waals surface area contributed by atoms with Crippen LogP contribution < -0.4 is 0 Å². The summed E-state index contributed by atoms with van der Waals surface area (Å²) in [7, 11) is 0. The summed E-state index contributed by atoms with van der Waals surface area (Å²) in [5.74, 6) is 1.23. The lowest BCUT2D eigenvalue weighted by Gasteiger charge is -2.68. The van der Waals surface area contributed by atoms with Gasteiger partial charge in [0.15, 0.2) is 5.78 Å². The first kappa shape index (κ1) is 16.9. The highest BCUT2D eigenvalue weighted by atomic mass is 16.3. The number of piperidine rings is 2. The number of Topliss-reactive ketones (excluding diaryl/α,β-unsaturated/α-hetero) is 1. The van der Waals surface area contributed by atoms with Crippen LogP contribution in [0.15, 0.2) is 18.2 Å². The SMILES string of the molecule is CC(C)C12CN3CC(C(C)C)(CN(C1)C3c1ccc(O)cc1O)C2=O. The molecule has 1 aromatic carbocycles. The third-order valence-corrected chi connectivity index (χ3v) is 7.04. The molecule has 0 aromatic heterocycles. The lowest BCUT2D eigenvalue weighted by Crippen LogP contribution is -2.78. The summed E-state index contributed by atoms with van der Waals surface area (Å²) in [5.41, 5.74) is 0.190. The number of phenols is 2. The van der Waals surface area contributed by atoms with Crippen molar-refractivity contribution in [2.24, 2.45) is 22.7 Å². The standard InChI is InChI=1S/C20H28N2O3/c1-12(2)19-8-21-10-20(13(3)4,18(19)25)11-22(9-19)17(21)15-6-5-14(23)7-16(15)24/h5-7,12-13,17,23-24H,8-11H2,1-4H3. The molecule has 0 radical (unpaired) electrons. The van der Waals surface area contributed by atoms with Crippen LogP contribution in [0.3, 0.4) is 0 Å². The Bertz CT molecular complexity index is 682. The van der Waals surface area contributed by atoms with Gasteiger partial charge in [-0.1, -0.05) is 27.7 Å². The minimum atomic E-state index is -0.316. The molecule has 0 atom stereocenters. The summed E-state index contributed by atoms with van der Waals surface area (Å²) in [6, 6.07) is 4.84. The van der Waals surface area contributed by atoms with E-state index in [9.17, 15) is 15.0 Å². The molecule has 4 aliphatic rings. The number of ketones is 1. The van der Waals surface area contributed by atoms with Crippen molar-refractivity contribution in [2.75, 3.05) is 26.2 Å². The number of hydrogen-bond acceptors (Lipinski definition) is 5. The van der Waals surface area contributed by atoms with E-state index >= 15 is 0 Å². The Kier molecular flexibility index (Phi) is 3.51. The molecular weight excluding hydrogens is 316 g/mol. The number of rotatable bonds is 3. The van der Waals surface area contributed by atoms with Gasteiger partial charge in [-0.3, -0.25) is 14.6 Å². The first-order valence-corrected chi connectivity index (χ1v) is 9.26. The van der Waals surface area contributed by atoms with Crippen molar-refractivity contribution in [3.63, 3.8) is 0 Å². The van der Waals surface area contributed by atoms with Gasteiger partial charge in [0.1, 0.15) is 11.5 Å². The van der Waals surface area contributed by atoms with Crippen molar-refractivity contribution in [3.05, 3.63) is 23.8 Å². The maximum Gasteiger partial charge on any atom is 0.150 e. The van der Waals surface area contributed by atoms with Crippen LogP contribution in [0.2, 0.25) is 0 Å². The Morgan fingerprint density at radius 3 is 1.84 bits per heavy atom. The Morgan fingerprint density at radius 2 is 1.44 bits per heavy atom. The largest absolute Gasteiger partial charge is 0.508 e. The normalized spacial score (nSPS) is 39.6. The fourth-order valence-corrected chi connectivity index (χ4v) is 5.42. The van der Waals surface area contributed by atoms with Crippen LogP contribution >= 0.6 is 0 Å². The average molecular weight is 344 g/mol. The molecule has 4 saturated heterocycles. The number of benzene rings is 1. The number of hydrogen-bond donors (Lipinski definition) is 2. The predicted molar refractivity (Wildman–Crippen MR) is 95.2 cm³/mol. The van der Waals surface area contributed by atoms with E-state index in [1.807, 2.05) is 6.07 Å². The highest BCUT2D eigenvalue weighted by Gasteiger charge is 2.67. The summed E-state index contributed by atoms with van der Waals surface area (Å²) >= 11 is 0. The first-order chi connectivity index (χ1) is 11.7. The van der Waals surface area contributed by atoms with Crippen LogP contribution in [-0.2, 0) is 4.79 Å². The Morgan fingerprint density at radius 1 is 0.960 bits per heavy atom. The number of phenolic OH excluding ortho intramolecular Hbond substituents is 2. The molecule has 5 rings (SSSR count). The smallest absolute Gasteiger partial charge is 0.150 e. The fourth-order valence-electron chi connectivity index (χ4n) is 5.42. The van der Waals surface area contributed by atoms with Crippen LogP contribution in [-0.4, -0.2) is 52.0 Å². The second-order valence-electron chi connectivity index (χ2n) is 8.88. The summed E-state index contributed by atoms with van der Waals surface area (Å²) in [5, 5.41) is 20.0. The molecule has 5 nitrogen and oxygen atoms in total. The predicted octanol–water partition coefficient (Wildman–Crippen LogP) is 2.60.